The third-order valence-corrected chi connectivity index (χ3v) is 3.22. The van der Waals surface area contributed by atoms with Gasteiger partial charge in [-0.15, -0.1) is 0 Å². The molecule has 4 nitrogen and oxygen atoms in total. The average molecular weight is 216 g/mol. The van der Waals surface area contributed by atoms with E-state index in [0.29, 0.717) is 11.6 Å². The van der Waals surface area contributed by atoms with Crippen LogP contribution in [0.25, 0.3) is 10.9 Å². The second kappa shape index (κ2) is 3.33. The maximum absolute atomic E-state index is 10.8. The highest BCUT2D eigenvalue weighted by atomic mass is 16.4. The lowest BCUT2D eigenvalue weighted by Crippen LogP contribution is -2.16. The highest BCUT2D eigenvalue weighted by Gasteiger charge is 2.20. The van der Waals surface area contributed by atoms with Crippen LogP contribution in [0.2, 0.25) is 0 Å². The number of hydrogen-bond donors (Lipinski definition) is 1. The van der Waals surface area contributed by atoms with Gasteiger partial charge in [0.2, 0.25) is 0 Å². The number of fused-ring (bicyclic) bond motifs is 1. The lowest BCUT2D eigenvalue weighted by Gasteiger charge is -2.25. The van der Waals surface area contributed by atoms with Crippen molar-refractivity contribution in [2.24, 2.45) is 0 Å². The zero-order valence-corrected chi connectivity index (χ0v) is 8.76. The van der Waals surface area contributed by atoms with Gasteiger partial charge in [0.05, 0.1) is 17.1 Å². The molecule has 0 saturated heterocycles. The van der Waals surface area contributed by atoms with Gasteiger partial charge in [0, 0.05) is 11.6 Å². The molecule has 2 aromatic rings. The largest absolute Gasteiger partial charge is 0.478 e. The minimum absolute atomic E-state index is 0.320. The summed E-state index contributed by atoms with van der Waals surface area (Å²) in [6.07, 6.45) is 5.58. The van der Waals surface area contributed by atoms with Crippen LogP contribution in [0, 0.1) is 0 Å². The van der Waals surface area contributed by atoms with Gasteiger partial charge in [0.1, 0.15) is 0 Å². The van der Waals surface area contributed by atoms with Crippen molar-refractivity contribution in [2.75, 3.05) is 0 Å². The predicted octanol–water partition coefficient (Wildman–Crippen LogP) is 2.46. The van der Waals surface area contributed by atoms with Crippen molar-refractivity contribution < 1.29 is 9.90 Å². The standard InChI is InChI=1S/C12H12N2O2/c15-12(16)8-4-5-11-9(6-8)7-14(13-11)10-2-1-3-10/h4-7,10H,1-3H2,(H,15,16). The molecular formula is C12H12N2O2. The Balaban J connectivity index is 2.06. The fourth-order valence-electron chi connectivity index (χ4n) is 2.02. The molecule has 4 heteroatoms. The van der Waals surface area contributed by atoms with Gasteiger partial charge < -0.3 is 5.11 Å². The maximum atomic E-state index is 10.8. The van der Waals surface area contributed by atoms with E-state index in [1.807, 2.05) is 10.9 Å². The van der Waals surface area contributed by atoms with Crippen LogP contribution in [0.3, 0.4) is 0 Å². The second-order valence-corrected chi connectivity index (χ2v) is 4.27. The normalized spacial score (nSPS) is 16.2. The quantitative estimate of drug-likeness (QED) is 0.838. The van der Waals surface area contributed by atoms with Crippen molar-refractivity contribution in [3.63, 3.8) is 0 Å². The molecule has 0 aliphatic heterocycles. The Kier molecular flexibility index (Phi) is 1.96. The zero-order valence-electron chi connectivity index (χ0n) is 8.76. The molecule has 0 atom stereocenters. The molecule has 0 amide bonds. The number of nitrogens with zero attached hydrogens (tertiary/aromatic N) is 2. The Morgan fingerprint density at radius 3 is 2.88 bits per heavy atom. The van der Waals surface area contributed by atoms with Gasteiger partial charge in [-0.25, -0.2) is 4.79 Å². The number of hydrogen-bond acceptors (Lipinski definition) is 2. The molecule has 1 saturated carbocycles. The van der Waals surface area contributed by atoms with Gasteiger partial charge in [0.25, 0.3) is 0 Å². The summed E-state index contributed by atoms with van der Waals surface area (Å²) in [4.78, 5) is 10.8. The van der Waals surface area contributed by atoms with E-state index < -0.39 is 5.97 Å². The van der Waals surface area contributed by atoms with Crippen LogP contribution in [0.5, 0.6) is 0 Å². The van der Waals surface area contributed by atoms with E-state index in [-0.39, 0.29) is 0 Å². The minimum atomic E-state index is -0.890. The van der Waals surface area contributed by atoms with Crippen LogP contribution in [0.1, 0.15) is 35.7 Å². The van der Waals surface area contributed by atoms with E-state index >= 15 is 0 Å². The second-order valence-electron chi connectivity index (χ2n) is 4.27. The van der Waals surface area contributed by atoms with E-state index in [4.69, 9.17) is 5.11 Å². The summed E-state index contributed by atoms with van der Waals surface area (Å²) >= 11 is 0. The third-order valence-electron chi connectivity index (χ3n) is 3.22. The Labute approximate surface area is 92.5 Å². The third kappa shape index (κ3) is 1.38. The van der Waals surface area contributed by atoms with Crippen LogP contribution >= 0.6 is 0 Å². The van der Waals surface area contributed by atoms with Gasteiger partial charge in [-0.1, -0.05) is 0 Å². The highest BCUT2D eigenvalue weighted by molar-refractivity contribution is 5.93. The summed E-state index contributed by atoms with van der Waals surface area (Å²) in [6.45, 7) is 0. The Hall–Kier alpha value is -1.84. The lowest BCUT2D eigenvalue weighted by molar-refractivity contribution is 0.0697. The molecule has 1 heterocycles. The number of aromatic carboxylic acids is 1. The molecule has 0 spiro atoms. The molecule has 0 unspecified atom stereocenters. The molecular weight excluding hydrogens is 204 g/mol. The van der Waals surface area contributed by atoms with Crippen molar-refractivity contribution in [1.82, 2.24) is 9.78 Å². The first kappa shape index (κ1) is 9.39. The van der Waals surface area contributed by atoms with E-state index in [0.717, 1.165) is 10.9 Å². The van der Waals surface area contributed by atoms with Gasteiger partial charge in [-0.2, -0.15) is 5.10 Å². The smallest absolute Gasteiger partial charge is 0.335 e. The molecule has 0 radical (unpaired) electrons. The fraction of sp³-hybridized carbons (Fsp3) is 0.333. The number of carbonyl (C=O) groups is 1. The van der Waals surface area contributed by atoms with Crippen molar-refractivity contribution in [2.45, 2.75) is 25.3 Å². The highest BCUT2D eigenvalue weighted by Crippen LogP contribution is 2.32. The van der Waals surface area contributed by atoms with Crippen molar-refractivity contribution >= 4 is 16.9 Å². The van der Waals surface area contributed by atoms with Gasteiger partial charge in [-0.05, 0) is 37.5 Å². The first-order valence-electron chi connectivity index (χ1n) is 5.46. The number of benzene rings is 1. The summed E-state index contributed by atoms with van der Waals surface area (Å²) in [5.41, 5.74) is 1.19. The molecule has 0 bridgehead atoms. The number of carboxylic acid groups (broad SMARTS) is 1. The van der Waals surface area contributed by atoms with E-state index in [1.165, 1.54) is 19.3 Å². The van der Waals surface area contributed by atoms with E-state index in [2.05, 4.69) is 5.10 Å². The number of carboxylic acids is 1. The molecule has 1 aliphatic carbocycles. The summed E-state index contributed by atoms with van der Waals surface area (Å²) < 4.78 is 1.97. The number of aromatic nitrogens is 2. The molecule has 1 fully saturated rings. The Bertz CT molecular complexity index is 555. The molecule has 1 aliphatic rings. The van der Waals surface area contributed by atoms with Gasteiger partial charge in [-0.3, -0.25) is 4.68 Å². The van der Waals surface area contributed by atoms with Crippen LogP contribution in [-0.4, -0.2) is 20.9 Å². The van der Waals surface area contributed by atoms with E-state index in [1.54, 1.807) is 18.2 Å². The Morgan fingerprint density at radius 1 is 1.44 bits per heavy atom. The summed E-state index contributed by atoms with van der Waals surface area (Å²) in [5, 5.41) is 14.3. The lowest BCUT2D eigenvalue weighted by atomic mass is 9.93. The Morgan fingerprint density at radius 2 is 2.25 bits per heavy atom. The van der Waals surface area contributed by atoms with Crippen LogP contribution in [0.4, 0.5) is 0 Å². The van der Waals surface area contributed by atoms with Crippen molar-refractivity contribution in [3.8, 4) is 0 Å². The molecule has 16 heavy (non-hydrogen) atoms. The topological polar surface area (TPSA) is 55.1 Å². The zero-order chi connectivity index (χ0) is 11.1. The summed E-state index contributed by atoms with van der Waals surface area (Å²) in [7, 11) is 0. The summed E-state index contributed by atoms with van der Waals surface area (Å²) in [6, 6.07) is 5.57. The average Bonchev–Trinajstić information content (AvgIpc) is 2.56. The van der Waals surface area contributed by atoms with E-state index in [9.17, 15) is 4.79 Å². The van der Waals surface area contributed by atoms with Crippen LogP contribution in [-0.2, 0) is 0 Å². The fourth-order valence-corrected chi connectivity index (χ4v) is 2.02. The first-order valence-corrected chi connectivity index (χ1v) is 5.46. The molecule has 3 rings (SSSR count). The monoisotopic (exact) mass is 216 g/mol. The minimum Gasteiger partial charge on any atom is -0.478 e. The van der Waals surface area contributed by atoms with Crippen molar-refractivity contribution in [3.05, 3.63) is 30.0 Å². The van der Waals surface area contributed by atoms with Crippen LogP contribution in [0.15, 0.2) is 24.4 Å². The van der Waals surface area contributed by atoms with Gasteiger partial charge in [0.15, 0.2) is 0 Å². The first-order chi connectivity index (χ1) is 7.74. The van der Waals surface area contributed by atoms with Crippen LogP contribution < -0.4 is 0 Å². The number of rotatable bonds is 2. The van der Waals surface area contributed by atoms with Crippen molar-refractivity contribution in [1.29, 1.82) is 0 Å². The predicted molar refractivity (Wildman–Crippen MR) is 59.6 cm³/mol. The SMILES string of the molecule is O=C(O)c1ccc2nn(C3CCC3)cc2c1. The maximum Gasteiger partial charge on any atom is 0.335 e. The molecule has 1 aromatic heterocycles. The summed E-state index contributed by atoms with van der Waals surface area (Å²) in [5.74, 6) is -0.890. The molecule has 1 N–H and O–H groups in total. The molecule has 82 valence electrons. The van der Waals surface area contributed by atoms with Gasteiger partial charge >= 0.3 is 5.97 Å². The molecule has 1 aromatic carbocycles.